The van der Waals surface area contributed by atoms with Crippen molar-refractivity contribution in [1.82, 2.24) is 0 Å². The van der Waals surface area contributed by atoms with Crippen LogP contribution in [0.1, 0.15) is 9.67 Å². The number of hydrogen-bond donors (Lipinski definition) is 1. The zero-order chi connectivity index (χ0) is 9.42. The van der Waals surface area contributed by atoms with Crippen LogP contribution in [-0.4, -0.2) is 6.29 Å². The van der Waals surface area contributed by atoms with Crippen LogP contribution in [0.15, 0.2) is 18.2 Å². The third-order valence-corrected chi connectivity index (χ3v) is 2.94. The fourth-order valence-electron chi connectivity index (χ4n) is 1.20. The molecule has 0 amide bonds. The van der Waals surface area contributed by atoms with E-state index in [0.717, 1.165) is 4.70 Å². The Labute approximate surface area is 77.8 Å². The number of nitrogen functional groups attached to an aromatic ring is 1. The Morgan fingerprint density at radius 3 is 2.92 bits per heavy atom. The third-order valence-electron chi connectivity index (χ3n) is 1.82. The average molecular weight is 195 g/mol. The van der Waals surface area contributed by atoms with Crippen LogP contribution in [0.2, 0.25) is 0 Å². The lowest BCUT2D eigenvalue weighted by molar-refractivity contribution is 0.112. The molecule has 0 saturated carbocycles. The highest BCUT2D eigenvalue weighted by Gasteiger charge is 2.08. The second-order valence-electron chi connectivity index (χ2n) is 2.64. The van der Waals surface area contributed by atoms with Crippen LogP contribution in [0.3, 0.4) is 0 Å². The van der Waals surface area contributed by atoms with Crippen molar-refractivity contribution in [3.05, 3.63) is 28.9 Å². The molecule has 0 aliphatic carbocycles. The van der Waals surface area contributed by atoms with Crippen LogP contribution in [0.4, 0.5) is 10.1 Å². The molecule has 2 aromatic rings. The fraction of sp³-hybridized carbons (Fsp3) is 0. The van der Waals surface area contributed by atoms with Gasteiger partial charge in [0.1, 0.15) is 5.82 Å². The molecule has 0 fully saturated rings. The molecule has 0 aliphatic heterocycles. The van der Waals surface area contributed by atoms with Crippen molar-refractivity contribution in [3.8, 4) is 0 Å². The van der Waals surface area contributed by atoms with Crippen LogP contribution < -0.4 is 5.73 Å². The number of carbonyl (C=O) groups excluding carboxylic acids is 1. The Bertz CT molecular complexity index is 478. The van der Waals surface area contributed by atoms with Gasteiger partial charge in [-0.25, -0.2) is 4.39 Å². The molecule has 0 atom stereocenters. The quantitative estimate of drug-likeness (QED) is 0.710. The summed E-state index contributed by atoms with van der Waals surface area (Å²) < 4.78 is 13.6. The second kappa shape index (κ2) is 2.81. The summed E-state index contributed by atoms with van der Waals surface area (Å²) in [5.74, 6) is -0.338. The van der Waals surface area contributed by atoms with Gasteiger partial charge in [-0.3, -0.25) is 4.79 Å². The molecule has 2 rings (SSSR count). The minimum absolute atomic E-state index is 0.338. The Morgan fingerprint density at radius 2 is 2.23 bits per heavy atom. The van der Waals surface area contributed by atoms with Gasteiger partial charge in [-0.15, -0.1) is 11.3 Å². The molecule has 66 valence electrons. The summed E-state index contributed by atoms with van der Waals surface area (Å²) in [6.07, 6.45) is 0.692. The summed E-state index contributed by atoms with van der Waals surface area (Å²) in [6, 6.07) is 4.32. The van der Waals surface area contributed by atoms with E-state index in [2.05, 4.69) is 0 Å². The topological polar surface area (TPSA) is 43.1 Å². The van der Waals surface area contributed by atoms with E-state index in [1.165, 1.54) is 23.5 Å². The van der Waals surface area contributed by atoms with Crippen LogP contribution >= 0.6 is 11.3 Å². The van der Waals surface area contributed by atoms with Crippen molar-refractivity contribution in [2.75, 3.05) is 5.73 Å². The van der Waals surface area contributed by atoms with E-state index in [-0.39, 0.29) is 5.82 Å². The van der Waals surface area contributed by atoms with Crippen LogP contribution in [-0.2, 0) is 0 Å². The monoisotopic (exact) mass is 195 g/mol. The van der Waals surface area contributed by atoms with Crippen molar-refractivity contribution in [2.45, 2.75) is 0 Å². The summed E-state index contributed by atoms with van der Waals surface area (Å²) in [7, 11) is 0. The van der Waals surface area contributed by atoms with Crippen molar-refractivity contribution in [1.29, 1.82) is 0 Å². The van der Waals surface area contributed by atoms with Crippen molar-refractivity contribution in [3.63, 3.8) is 0 Å². The number of rotatable bonds is 1. The zero-order valence-corrected chi connectivity index (χ0v) is 7.40. The Kier molecular flexibility index (Phi) is 1.77. The number of anilines is 1. The van der Waals surface area contributed by atoms with Crippen molar-refractivity contribution in [2.24, 2.45) is 0 Å². The molecular formula is C9H6FNOS. The van der Waals surface area contributed by atoms with E-state index in [9.17, 15) is 9.18 Å². The molecule has 1 aromatic heterocycles. The number of halogens is 1. The summed E-state index contributed by atoms with van der Waals surface area (Å²) in [5.41, 5.74) is 6.00. The van der Waals surface area contributed by atoms with Gasteiger partial charge in [0.25, 0.3) is 0 Å². The molecule has 1 aromatic carbocycles. The first kappa shape index (κ1) is 8.19. The van der Waals surface area contributed by atoms with Crippen LogP contribution in [0.25, 0.3) is 10.1 Å². The normalized spacial score (nSPS) is 10.5. The van der Waals surface area contributed by atoms with E-state index in [1.807, 2.05) is 0 Å². The summed E-state index contributed by atoms with van der Waals surface area (Å²) >= 11 is 1.27. The largest absolute Gasteiger partial charge is 0.397 e. The van der Waals surface area contributed by atoms with Crippen LogP contribution in [0.5, 0.6) is 0 Å². The second-order valence-corrected chi connectivity index (χ2v) is 3.72. The highest BCUT2D eigenvalue weighted by atomic mass is 32.1. The van der Waals surface area contributed by atoms with Crippen molar-refractivity contribution < 1.29 is 9.18 Å². The first-order valence-corrected chi connectivity index (χ1v) is 4.46. The molecule has 0 bridgehead atoms. The summed E-state index contributed by atoms with van der Waals surface area (Å²) in [6.45, 7) is 0. The van der Waals surface area contributed by atoms with E-state index < -0.39 is 0 Å². The number of aldehydes is 1. The molecule has 4 heteroatoms. The maximum atomic E-state index is 12.8. The minimum Gasteiger partial charge on any atom is -0.397 e. The van der Waals surface area contributed by atoms with Gasteiger partial charge in [0, 0.05) is 10.1 Å². The van der Waals surface area contributed by atoms with Gasteiger partial charge >= 0.3 is 0 Å². The van der Waals surface area contributed by atoms with Gasteiger partial charge in [0.15, 0.2) is 6.29 Å². The molecule has 1 heterocycles. The molecule has 0 radical (unpaired) electrons. The Hall–Kier alpha value is -1.42. The lowest BCUT2D eigenvalue weighted by Crippen LogP contribution is -1.86. The van der Waals surface area contributed by atoms with E-state index in [1.54, 1.807) is 6.07 Å². The minimum atomic E-state index is -0.338. The van der Waals surface area contributed by atoms with Crippen LogP contribution in [0, 0.1) is 5.82 Å². The number of nitrogens with two attached hydrogens (primary N) is 1. The molecule has 2 nitrogen and oxygen atoms in total. The average Bonchev–Trinajstić information content (AvgIpc) is 2.44. The number of benzene rings is 1. The van der Waals surface area contributed by atoms with E-state index in [0.29, 0.717) is 22.2 Å². The maximum absolute atomic E-state index is 12.8. The number of thiophene rings is 1. The number of carbonyl (C=O) groups is 1. The van der Waals surface area contributed by atoms with Gasteiger partial charge in [-0.05, 0) is 18.2 Å². The molecule has 0 saturated heterocycles. The van der Waals surface area contributed by atoms with Gasteiger partial charge in [0.05, 0.1) is 10.6 Å². The summed E-state index contributed by atoms with van der Waals surface area (Å²) in [4.78, 5) is 11.0. The third kappa shape index (κ3) is 1.19. The fourth-order valence-corrected chi connectivity index (χ4v) is 2.12. The predicted molar refractivity (Wildman–Crippen MR) is 51.6 cm³/mol. The highest BCUT2D eigenvalue weighted by molar-refractivity contribution is 7.21. The molecule has 13 heavy (non-hydrogen) atoms. The maximum Gasteiger partial charge on any atom is 0.162 e. The predicted octanol–water partition coefficient (Wildman–Crippen LogP) is 2.44. The highest BCUT2D eigenvalue weighted by Crippen LogP contribution is 2.32. The zero-order valence-electron chi connectivity index (χ0n) is 6.58. The van der Waals surface area contributed by atoms with Crippen molar-refractivity contribution >= 4 is 33.4 Å². The lowest BCUT2D eigenvalue weighted by Gasteiger charge is -1.91. The standard InChI is InChI=1S/C9H6FNOS/c10-5-1-2-7-6(3-5)9(11)8(4-12)13-7/h1-4H,11H2. The smallest absolute Gasteiger partial charge is 0.162 e. The molecule has 0 unspecified atom stereocenters. The number of fused-ring (bicyclic) bond motifs is 1. The first-order valence-electron chi connectivity index (χ1n) is 3.65. The molecule has 2 N–H and O–H groups in total. The van der Waals surface area contributed by atoms with E-state index in [4.69, 9.17) is 5.73 Å². The first-order chi connectivity index (χ1) is 6.22. The van der Waals surface area contributed by atoms with Gasteiger partial charge < -0.3 is 5.73 Å². The number of hydrogen-bond acceptors (Lipinski definition) is 3. The molecular weight excluding hydrogens is 189 g/mol. The van der Waals surface area contributed by atoms with Gasteiger partial charge in [-0.1, -0.05) is 0 Å². The Morgan fingerprint density at radius 1 is 1.46 bits per heavy atom. The lowest BCUT2D eigenvalue weighted by atomic mass is 10.2. The van der Waals surface area contributed by atoms with Gasteiger partial charge in [0.2, 0.25) is 0 Å². The van der Waals surface area contributed by atoms with E-state index >= 15 is 0 Å². The summed E-state index contributed by atoms with van der Waals surface area (Å²) in [5, 5.41) is 0.618. The van der Waals surface area contributed by atoms with Gasteiger partial charge in [-0.2, -0.15) is 0 Å². The Balaban J connectivity index is 2.84. The SMILES string of the molecule is Nc1c(C=O)sc2ccc(F)cc12. The molecule has 0 aliphatic rings. The molecule has 0 spiro atoms.